The maximum absolute atomic E-state index is 9.65. The number of hydrogen-bond acceptors (Lipinski definition) is 4. The molecule has 0 amide bonds. The van der Waals surface area contributed by atoms with E-state index in [0.717, 1.165) is 31.6 Å². The van der Waals surface area contributed by atoms with Crippen molar-refractivity contribution in [2.24, 2.45) is 5.73 Å². The van der Waals surface area contributed by atoms with Crippen LogP contribution in [-0.4, -0.2) is 36.2 Å². The second-order valence-electron chi connectivity index (χ2n) is 4.29. The number of likely N-dealkylation sites (tertiary alicyclic amines) is 1. The number of ether oxygens (including phenoxy) is 1. The van der Waals surface area contributed by atoms with E-state index in [1.807, 2.05) is 6.07 Å². The standard InChI is InChI=1S/C12H18N2O2/c1-16-12-3-2-9(6-11(12)15)7-14-5-4-10(13)8-14/h2-3,6,10,15H,4-5,7-8,13H2,1H3. The molecule has 1 atom stereocenters. The Morgan fingerprint density at radius 1 is 1.56 bits per heavy atom. The lowest BCUT2D eigenvalue weighted by atomic mass is 10.2. The Kier molecular flexibility index (Phi) is 3.31. The van der Waals surface area contributed by atoms with Gasteiger partial charge in [0.15, 0.2) is 11.5 Å². The summed E-state index contributed by atoms with van der Waals surface area (Å²) in [7, 11) is 1.55. The first-order chi connectivity index (χ1) is 7.69. The fourth-order valence-corrected chi connectivity index (χ4v) is 2.10. The molecular formula is C12H18N2O2. The molecule has 1 unspecified atom stereocenters. The zero-order valence-corrected chi connectivity index (χ0v) is 9.52. The summed E-state index contributed by atoms with van der Waals surface area (Å²) in [5.41, 5.74) is 6.93. The van der Waals surface area contributed by atoms with Gasteiger partial charge in [0.2, 0.25) is 0 Å². The summed E-state index contributed by atoms with van der Waals surface area (Å²) in [6.07, 6.45) is 1.06. The second kappa shape index (κ2) is 4.72. The summed E-state index contributed by atoms with van der Waals surface area (Å²) in [4.78, 5) is 2.30. The van der Waals surface area contributed by atoms with Gasteiger partial charge in [-0.25, -0.2) is 0 Å². The molecule has 0 saturated carbocycles. The largest absolute Gasteiger partial charge is 0.504 e. The van der Waals surface area contributed by atoms with Crippen molar-refractivity contribution in [2.45, 2.75) is 19.0 Å². The third kappa shape index (κ3) is 2.46. The SMILES string of the molecule is COc1ccc(CN2CCC(N)C2)cc1O. The normalized spacial score (nSPS) is 21.2. The average molecular weight is 222 g/mol. The van der Waals surface area contributed by atoms with Gasteiger partial charge >= 0.3 is 0 Å². The van der Waals surface area contributed by atoms with E-state index in [1.165, 1.54) is 0 Å². The fraction of sp³-hybridized carbons (Fsp3) is 0.500. The molecule has 1 fully saturated rings. The van der Waals surface area contributed by atoms with Crippen molar-refractivity contribution >= 4 is 0 Å². The van der Waals surface area contributed by atoms with Gasteiger partial charge in [0.05, 0.1) is 7.11 Å². The van der Waals surface area contributed by atoms with Crippen molar-refractivity contribution in [1.29, 1.82) is 0 Å². The van der Waals surface area contributed by atoms with Gasteiger partial charge in [-0.3, -0.25) is 4.90 Å². The van der Waals surface area contributed by atoms with Crippen LogP contribution in [-0.2, 0) is 6.54 Å². The Morgan fingerprint density at radius 3 is 2.94 bits per heavy atom. The van der Waals surface area contributed by atoms with Crippen molar-refractivity contribution < 1.29 is 9.84 Å². The highest BCUT2D eigenvalue weighted by Crippen LogP contribution is 2.27. The summed E-state index contributed by atoms with van der Waals surface area (Å²) < 4.78 is 5.00. The molecule has 1 aromatic rings. The highest BCUT2D eigenvalue weighted by atomic mass is 16.5. The number of hydrogen-bond donors (Lipinski definition) is 2. The minimum Gasteiger partial charge on any atom is -0.504 e. The molecule has 1 saturated heterocycles. The predicted molar refractivity (Wildman–Crippen MR) is 62.5 cm³/mol. The summed E-state index contributed by atoms with van der Waals surface area (Å²) in [5.74, 6) is 0.713. The van der Waals surface area contributed by atoms with Crippen LogP contribution >= 0.6 is 0 Å². The average Bonchev–Trinajstić information content (AvgIpc) is 2.64. The molecule has 16 heavy (non-hydrogen) atoms. The molecule has 0 aliphatic carbocycles. The summed E-state index contributed by atoms with van der Waals surface area (Å²) in [6, 6.07) is 5.82. The van der Waals surface area contributed by atoms with Gasteiger partial charge < -0.3 is 15.6 Å². The van der Waals surface area contributed by atoms with E-state index in [4.69, 9.17) is 10.5 Å². The highest BCUT2D eigenvalue weighted by Gasteiger charge is 2.19. The van der Waals surface area contributed by atoms with Crippen LogP contribution in [0.1, 0.15) is 12.0 Å². The summed E-state index contributed by atoms with van der Waals surface area (Å²) in [6.45, 7) is 2.81. The fourth-order valence-electron chi connectivity index (χ4n) is 2.10. The van der Waals surface area contributed by atoms with Gasteiger partial charge in [-0.05, 0) is 24.1 Å². The molecular weight excluding hydrogens is 204 g/mol. The van der Waals surface area contributed by atoms with Crippen LogP contribution in [0.3, 0.4) is 0 Å². The van der Waals surface area contributed by atoms with Gasteiger partial charge in [-0.2, -0.15) is 0 Å². The molecule has 3 N–H and O–H groups in total. The molecule has 0 aromatic heterocycles. The van der Waals surface area contributed by atoms with Crippen molar-refractivity contribution in [3.63, 3.8) is 0 Å². The van der Waals surface area contributed by atoms with Crippen LogP contribution in [0.5, 0.6) is 11.5 Å². The molecule has 0 radical (unpaired) electrons. The van der Waals surface area contributed by atoms with Crippen molar-refractivity contribution in [3.8, 4) is 11.5 Å². The van der Waals surface area contributed by atoms with E-state index in [-0.39, 0.29) is 5.75 Å². The maximum Gasteiger partial charge on any atom is 0.160 e. The number of nitrogens with two attached hydrogens (primary N) is 1. The highest BCUT2D eigenvalue weighted by molar-refractivity contribution is 5.41. The minimum atomic E-state index is 0.198. The first kappa shape index (κ1) is 11.2. The summed E-state index contributed by atoms with van der Waals surface area (Å²) >= 11 is 0. The number of rotatable bonds is 3. The van der Waals surface area contributed by atoms with E-state index < -0.39 is 0 Å². The minimum absolute atomic E-state index is 0.198. The predicted octanol–water partition coefficient (Wildman–Crippen LogP) is 0.934. The quantitative estimate of drug-likeness (QED) is 0.799. The molecule has 1 aromatic carbocycles. The molecule has 1 aliphatic heterocycles. The topological polar surface area (TPSA) is 58.7 Å². The monoisotopic (exact) mass is 222 g/mol. The first-order valence-electron chi connectivity index (χ1n) is 5.53. The van der Waals surface area contributed by atoms with Crippen LogP contribution in [0.2, 0.25) is 0 Å². The van der Waals surface area contributed by atoms with Gasteiger partial charge in [0, 0.05) is 25.7 Å². The van der Waals surface area contributed by atoms with E-state index in [1.54, 1.807) is 19.2 Å². The maximum atomic E-state index is 9.65. The molecule has 0 bridgehead atoms. The molecule has 1 heterocycles. The van der Waals surface area contributed by atoms with E-state index >= 15 is 0 Å². The Morgan fingerprint density at radius 2 is 2.38 bits per heavy atom. The number of benzene rings is 1. The van der Waals surface area contributed by atoms with Crippen LogP contribution in [0.25, 0.3) is 0 Å². The Bertz CT molecular complexity index is 368. The van der Waals surface area contributed by atoms with Crippen molar-refractivity contribution in [2.75, 3.05) is 20.2 Å². The van der Waals surface area contributed by atoms with Crippen LogP contribution in [0.15, 0.2) is 18.2 Å². The second-order valence-corrected chi connectivity index (χ2v) is 4.29. The van der Waals surface area contributed by atoms with Gasteiger partial charge in [-0.1, -0.05) is 6.07 Å². The molecule has 1 aliphatic rings. The number of aromatic hydroxyl groups is 1. The molecule has 4 heteroatoms. The Labute approximate surface area is 95.6 Å². The Hall–Kier alpha value is -1.26. The lowest BCUT2D eigenvalue weighted by molar-refractivity contribution is 0.325. The van der Waals surface area contributed by atoms with Gasteiger partial charge in [0.25, 0.3) is 0 Å². The number of methoxy groups -OCH3 is 1. The van der Waals surface area contributed by atoms with E-state index in [0.29, 0.717) is 11.8 Å². The zero-order chi connectivity index (χ0) is 11.5. The lowest BCUT2D eigenvalue weighted by Gasteiger charge is -2.15. The summed E-state index contributed by atoms with van der Waals surface area (Å²) in [5, 5.41) is 9.65. The number of phenols is 1. The van der Waals surface area contributed by atoms with Crippen molar-refractivity contribution in [1.82, 2.24) is 4.90 Å². The molecule has 0 spiro atoms. The van der Waals surface area contributed by atoms with E-state index in [9.17, 15) is 5.11 Å². The van der Waals surface area contributed by atoms with Gasteiger partial charge in [-0.15, -0.1) is 0 Å². The zero-order valence-electron chi connectivity index (χ0n) is 9.52. The first-order valence-corrected chi connectivity index (χ1v) is 5.53. The third-order valence-electron chi connectivity index (χ3n) is 2.96. The smallest absolute Gasteiger partial charge is 0.160 e. The van der Waals surface area contributed by atoms with Crippen LogP contribution in [0, 0.1) is 0 Å². The third-order valence-corrected chi connectivity index (χ3v) is 2.96. The van der Waals surface area contributed by atoms with Crippen molar-refractivity contribution in [3.05, 3.63) is 23.8 Å². The number of phenolic OH excluding ortho intramolecular Hbond substituents is 1. The Balaban J connectivity index is 2.02. The molecule has 2 rings (SSSR count). The van der Waals surface area contributed by atoms with Crippen LogP contribution < -0.4 is 10.5 Å². The molecule has 4 nitrogen and oxygen atoms in total. The lowest BCUT2D eigenvalue weighted by Crippen LogP contribution is -2.26. The van der Waals surface area contributed by atoms with Gasteiger partial charge in [0.1, 0.15) is 0 Å². The molecule has 88 valence electrons. The number of nitrogens with zero attached hydrogens (tertiary/aromatic N) is 1. The van der Waals surface area contributed by atoms with Crippen LogP contribution in [0.4, 0.5) is 0 Å². The van der Waals surface area contributed by atoms with E-state index in [2.05, 4.69) is 4.90 Å².